The van der Waals surface area contributed by atoms with Crippen molar-refractivity contribution in [2.24, 2.45) is 11.8 Å². The van der Waals surface area contributed by atoms with Crippen LogP contribution in [-0.4, -0.2) is 23.7 Å². The van der Waals surface area contributed by atoms with E-state index in [2.05, 4.69) is 23.4 Å². The summed E-state index contributed by atoms with van der Waals surface area (Å²) in [5.41, 5.74) is 5.54. The van der Waals surface area contributed by atoms with Gasteiger partial charge < -0.3 is 4.74 Å². The van der Waals surface area contributed by atoms with Crippen molar-refractivity contribution in [2.45, 2.75) is 63.0 Å². The highest BCUT2D eigenvalue weighted by molar-refractivity contribution is 5.31. The summed E-state index contributed by atoms with van der Waals surface area (Å²) in [5, 5.41) is 0. The van der Waals surface area contributed by atoms with E-state index in [4.69, 9.17) is 10.6 Å². The average Bonchev–Trinajstić information content (AvgIpc) is 2.92. The van der Waals surface area contributed by atoms with E-state index in [1.165, 1.54) is 24.1 Å². The molecule has 4 atom stereocenters. The number of aryl methyl sites for hydroxylation is 1. The molecule has 0 spiro atoms. The molecule has 116 valence electrons. The number of ether oxygens (including phenoxy) is 1. The van der Waals surface area contributed by atoms with Gasteiger partial charge in [-0.2, -0.15) is 0 Å². The van der Waals surface area contributed by atoms with E-state index in [-0.39, 0.29) is 11.6 Å². The maximum Gasteiger partial charge on any atom is 0.0853 e. The summed E-state index contributed by atoms with van der Waals surface area (Å²) < 4.78 is 6.06. The fourth-order valence-corrected chi connectivity index (χ4v) is 4.54. The highest BCUT2D eigenvalue weighted by Gasteiger charge is 2.47. The Bertz CT molecular complexity index is 493. The van der Waals surface area contributed by atoms with Gasteiger partial charge in [0, 0.05) is 24.9 Å². The molecule has 1 heterocycles. The number of methoxy groups -OCH3 is 1. The lowest BCUT2D eigenvalue weighted by molar-refractivity contribution is -0.0855. The van der Waals surface area contributed by atoms with Gasteiger partial charge in [0.1, 0.15) is 0 Å². The molecule has 1 aromatic rings. The summed E-state index contributed by atoms with van der Waals surface area (Å²) in [5.74, 6) is 7.04. The van der Waals surface area contributed by atoms with E-state index in [1.54, 1.807) is 0 Å². The quantitative estimate of drug-likeness (QED) is 0.660. The first-order chi connectivity index (χ1) is 10.2. The number of pyridine rings is 1. The Morgan fingerprint density at radius 3 is 3.05 bits per heavy atom. The van der Waals surface area contributed by atoms with Crippen LogP contribution in [0.3, 0.4) is 0 Å². The Morgan fingerprint density at radius 1 is 1.48 bits per heavy atom. The molecule has 3 rings (SSSR count). The van der Waals surface area contributed by atoms with Crippen molar-refractivity contribution in [3.05, 3.63) is 29.6 Å². The van der Waals surface area contributed by atoms with Gasteiger partial charge >= 0.3 is 0 Å². The first-order valence-corrected chi connectivity index (χ1v) is 8.15. The number of hydrogen-bond acceptors (Lipinski definition) is 4. The topological polar surface area (TPSA) is 60.2 Å². The van der Waals surface area contributed by atoms with Gasteiger partial charge in [0.25, 0.3) is 0 Å². The lowest BCUT2D eigenvalue weighted by atomic mass is 9.70. The molecule has 0 aromatic carbocycles. The van der Waals surface area contributed by atoms with Crippen LogP contribution in [0.15, 0.2) is 18.3 Å². The number of nitrogens with zero attached hydrogens (tertiary/aromatic N) is 1. The van der Waals surface area contributed by atoms with Crippen LogP contribution in [0.4, 0.5) is 0 Å². The maximum atomic E-state index is 6.06. The van der Waals surface area contributed by atoms with Gasteiger partial charge in [0.15, 0.2) is 0 Å². The zero-order valence-electron chi connectivity index (χ0n) is 13.1. The third-order valence-corrected chi connectivity index (χ3v) is 5.55. The molecule has 1 aromatic heterocycles. The first kappa shape index (κ1) is 14.9. The second-order valence-corrected chi connectivity index (χ2v) is 6.81. The Hall–Kier alpha value is -0.970. The molecule has 0 aliphatic heterocycles. The van der Waals surface area contributed by atoms with Gasteiger partial charge in [0.05, 0.1) is 11.6 Å². The van der Waals surface area contributed by atoms with E-state index in [9.17, 15) is 0 Å². The number of nitrogens with two attached hydrogens (primary N) is 1. The second-order valence-electron chi connectivity index (χ2n) is 6.81. The van der Waals surface area contributed by atoms with Crippen LogP contribution in [0, 0.1) is 5.92 Å². The van der Waals surface area contributed by atoms with Gasteiger partial charge in [-0.1, -0.05) is 25.8 Å². The van der Waals surface area contributed by atoms with Crippen molar-refractivity contribution in [1.82, 2.24) is 10.4 Å². The number of hydrogen-bond donors (Lipinski definition) is 2. The van der Waals surface area contributed by atoms with Crippen molar-refractivity contribution in [3.63, 3.8) is 0 Å². The van der Waals surface area contributed by atoms with Gasteiger partial charge in [-0.3, -0.25) is 16.3 Å². The predicted molar refractivity (Wildman–Crippen MR) is 83.8 cm³/mol. The number of hydrazine groups is 1. The van der Waals surface area contributed by atoms with E-state index in [0.29, 0.717) is 11.8 Å². The molecule has 4 heteroatoms. The molecule has 1 saturated carbocycles. The maximum absolute atomic E-state index is 6.06. The third-order valence-electron chi connectivity index (χ3n) is 5.55. The number of rotatable bonds is 4. The minimum Gasteiger partial charge on any atom is -0.377 e. The van der Waals surface area contributed by atoms with Crippen LogP contribution in [-0.2, 0) is 11.2 Å². The van der Waals surface area contributed by atoms with Gasteiger partial charge in [-0.05, 0) is 43.2 Å². The van der Waals surface area contributed by atoms with E-state index < -0.39 is 0 Å². The molecule has 21 heavy (non-hydrogen) atoms. The van der Waals surface area contributed by atoms with Crippen molar-refractivity contribution in [3.8, 4) is 0 Å². The second kappa shape index (κ2) is 6.03. The normalized spacial score (nSPS) is 33.7. The van der Waals surface area contributed by atoms with Crippen LogP contribution in [0.25, 0.3) is 0 Å². The third kappa shape index (κ3) is 2.60. The monoisotopic (exact) mass is 289 g/mol. The average molecular weight is 289 g/mol. The first-order valence-electron chi connectivity index (χ1n) is 8.15. The van der Waals surface area contributed by atoms with Crippen molar-refractivity contribution in [2.75, 3.05) is 7.11 Å². The van der Waals surface area contributed by atoms with Crippen LogP contribution < -0.4 is 11.3 Å². The summed E-state index contributed by atoms with van der Waals surface area (Å²) in [7, 11) is 1.84. The number of fused-ring (bicyclic) bond motifs is 1. The Morgan fingerprint density at radius 2 is 2.33 bits per heavy atom. The fraction of sp³-hybridized carbons (Fsp3) is 0.706. The summed E-state index contributed by atoms with van der Waals surface area (Å²) in [4.78, 5) is 4.64. The summed E-state index contributed by atoms with van der Waals surface area (Å²) >= 11 is 0. The number of nitrogens with one attached hydrogen (secondary N) is 1. The lowest BCUT2D eigenvalue weighted by Gasteiger charge is -2.46. The summed E-state index contributed by atoms with van der Waals surface area (Å²) in [6.07, 6.45) is 8.78. The lowest BCUT2D eigenvalue weighted by Crippen LogP contribution is -2.58. The molecular formula is C17H27N3O. The van der Waals surface area contributed by atoms with E-state index >= 15 is 0 Å². The highest BCUT2D eigenvalue weighted by Crippen LogP contribution is 2.44. The molecule has 3 N–H and O–H groups in total. The van der Waals surface area contributed by atoms with E-state index in [1.807, 2.05) is 19.4 Å². The molecular weight excluding hydrogens is 262 g/mol. The SMILES string of the molecule is COC1(C(NN)C2CCc3cccnc32)CCCC(C)C1. The van der Waals surface area contributed by atoms with Crippen LogP contribution >= 0.6 is 0 Å². The molecule has 1 fully saturated rings. The molecule has 0 bridgehead atoms. The van der Waals surface area contributed by atoms with Crippen LogP contribution in [0.1, 0.15) is 56.2 Å². The molecule has 2 aliphatic rings. The summed E-state index contributed by atoms with van der Waals surface area (Å²) in [6.45, 7) is 2.32. The Labute approximate surface area is 127 Å². The molecule has 0 saturated heterocycles. The molecule has 4 nitrogen and oxygen atoms in total. The number of aromatic nitrogens is 1. The Balaban J connectivity index is 1.91. The summed E-state index contributed by atoms with van der Waals surface area (Å²) in [6, 6.07) is 4.36. The highest BCUT2D eigenvalue weighted by atomic mass is 16.5. The zero-order valence-corrected chi connectivity index (χ0v) is 13.1. The standard InChI is InChI=1S/C17H27N3O/c1-12-5-3-9-17(11-12,21-2)16(20-18)14-8-7-13-6-4-10-19-15(13)14/h4,6,10,12,14,16,20H,3,5,7-9,11,18H2,1-2H3. The van der Waals surface area contributed by atoms with Gasteiger partial charge in [-0.25, -0.2) is 0 Å². The fourth-order valence-electron chi connectivity index (χ4n) is 4.54. The predicted octanol–water partition coefficient (Wildman–Crippen LogP) is 2.54. The van der Waals surface area contributed by atoms with Crippen LogP contribution in [0.2, 0.25) is 0 Å². The van der Waals surface area contributed by atoms with Crippen molar-refractivity contribution >= 4 is 0 Å². The minimum absolute atomic E-state index is 0.140. The largest absolute Gasteiger partial charge is 0.377 e. The van der Waals surface area contributed by atoms with E-state index in [0.717, 1.165) is 25.7 Å². The zero-order chi connectivity index (χ0) is 14.9. The molecule has 0 radical (unpaired) electrons. The Kier molecular flexibility index (Phi) is 4.29. The smallest absolute Gasteiger partial charge is 0.0853 e. The van der Waals surface area contributed by atoms with Gasteiger partial charge in [0.2, 0.25) is 0 Å². The minimum atomic E-state index is -0.157. The molecule has 2 aliphatic carbocycles. The molecule has 4 unspecified atom stereocenters. The van der Waals surface area contributed by atoms with Crippen LogP contribution in [0.5, 0.6) is 0 Å². The van der Waals surface area contributed by atoms with Crippen molar-refractivity contribution < 1.29 is 4.74 Å². The van der Waals surface area contributed by atoms with Gasteiger partial charge in [-0.15, -0.1) is 0 Å². The van der Waals surface area contributed by atoms with Crippen molar-refractivity contribution in [1.29, 1.82) is 0 Å². The molecule has 0 amide bonds.